The third kappa shape index (κ3) is 3.05. The molecule has 1 aromatic heterocycles. The molecule has 3 N–H and O–H groups in total. The molecule has 2 aromatic rings. The molecule has 0 atom stereocenters. The van der Waals surface area contributed by atoms with Gasteiger partial charge in [0.25, 0.3) is 5.91 Å². The molecule has 0 saturated carbocycles. The van der Waals surface area contributed by atoms with Crippen molar-refractivity contribution in [3.05, 3.63) is 35.5 Å². The summed E-state index contributed by atoms with van der Waals surface area (Å²) in [7, 11) is 3.40. The molecule has 0 aliphatic rings. The lowest BCUT2D eigenvalue weighted by molar-refractivity contribution is 0.0828. The summed E-state index contributed by atoms with van der Waals surface area (Å²) in [6.45, 7) is 2.08. The molecule has 0 aliphatic carbocycles. The van der Waals surface area contributed by atoms with E-state index in [1.807, 2.05) is 0 Å². The lowest BCUT2D eigenvalue weighted by atomic mass is 10.1. The summed E-state index contributed by atoms with van der Waals surface area (Å²) in [5.74, 6) is 0.920. The Bertz CT molecular complexity index is 621. The number of hydrogen-bond donors (Lipinski definition) is 2. The van der Waals surface area contributed by atoms with Gasteiger partial charge in [0.15, 0.2) is 5.82 Å². The van der Waals surface area contributed by atoms with E-state index in [9.17, 15) is 4.79 Å². The van der Waals surface area contributed by atoms with Gasteiger partial charge in [0.1, 0.15) is 0 Å². The highest BCUT2D eigenvalue weighted by Crippen LogP contribution is 2.21. The van der Waals surface area contributed by atoms with E-state index in [0.29, 0.717) is 35.2 Å². The summed E-state index contributed by atoms with van der Waals surface area (Å²) in [6.07, 6.45) is 0. The molecule has 0 radical (unpaired) electrons. The van der Waals surface area contributed by atoms with Gasteiger partial charge in [-0.25, -0.2) is 0 Å². The average Bonchev–Trinajstić information content (AvgIpc) is 2.81. The van der Waals surface area contributed by atoms with Crippen LogP contribution in [0.5, 0.6) is 0 Å². The molecule has 0 saturated heterocycles. The molecule has 0 spiro atoms. The van der Waals surface area contributed by atoms with Crippen LogP contribution in [0.15, 0.2) is 22.7 Å². The SMILES string of the molecule is Cc1nc(CNc2cc(N)ccc2C(=O)N(C)C)no1. The number of anilines is 2. The molecule has 0 unspecified atom stereocenters. The predicted octanol–water partition coefficient (Wildman–Crippen LogP) is 1.27. The maximum atomic E-state index is 12.1. The molecule has 1 heterocycles. The third-order valence-corrected chi connectivity index (χ3v) is 2.69. The molecular formula is C13H17N5O2. The van der Waals surface area contributed by atoms with Crippen molar-refractivity contribution in [3.63, 3.8) is 0 Å². The predicted molar refractivity (Wildman–Crippen MR) is 75.2 cm³/mol. The minimum absolute atomic E-state index is 0.100. The topological polar surface area (TPSA) is 97.3 Å². The van der Waals surface area contributed by atoms with Gasteiger partial charge in [-0.05, 0) is 18.2 Å². The minimum Gasteiger partial charge on any atom is -0.399 e. The molecule has 106 valence electrons. The van der Waals surface area contributed by atoms with Crippen LogP contribution in [0.3, 0.4) is 0 Å². The molecule has 7 nitrogen and oxygen atoms in total. The Morgan fingerprint density at radius 3 is 2.80 bits per heavy atom. The Labute approximate surface area is 116 Å². The average molecular weight is 275 g/mol. The Balaban J connectivity index is 2.21. The van der Waals surface area contributed by atoms with Crippen molar-refractivity contribution in [2.24, 2.45) is 0 Å². The number of nitrogen functional groups attached to an aromatic ring is 1. The van der Waals surface area contributed by atoms with Gasteiger partial charge in [-0.3, -0.25) is 4.79 Å². The van der Waals surface area contributed by atoms with E-state index >= 15 is 0 Å². The standard InChI is InChI=1S/C13H17N5O2/c1-8-16-12(17-20-8)7-15-11-6-9(14)4-5-10(11)13(19)18(2)3/h4-6,15H,7,14H2,1-3H3. The normalized spacial score (nSPS) is 10.3. The number of rotatable bonds is 4. The van der Waals surface area contributed by atoms with Crippen LogP contribution in [0.4, 0.5) is 11.4 Å². The van der Waals surface area contributed by atoms with E-state index in [4.69, 9.17) is 10.3 Å². The fraction of sp³-hybridized carbons (Fsp3) is 0.308. The zero-order valence-corrected chi connectivity index (χ0v) is 11.7. The van der Waals surface area contributed by atoms with Crippen LogP contribution in [0, 0.1) is 6.92 Å². The highest BCUT2D eigenvalue weighted by atomic mass is 16.5. The van der Waals surface area contributed by atoms with Crippen LogP contribution in [-0.4, -0.2) is 35.0 Å². The van der Waals surface area contributed by atoms with Gasteiger partial charge in [0.05, 0.1) is 12.1 Å². The lowest BCUT2D eigenvalue weighted by Crippen LogP contribution is -2.23. The summed E-state index contributed by atoms with van der Waals surface area (Å²) in [4.78, 5) is 17.7. The Morgan fingerprint density at radius 2 is 2.20 bits per heavy atom. The molecule has 0 bridgehead atoms. The molecule has 1 amide bonds. The van der Waals surface area contributed by atoms with Crippen LogP contribution in [0.2, 0.25) is 0 Å². The molecule has 0 aliphatic heterocycles. The van der Waals surface area contributed by atoms with E-state index in [1.165, 1.54) is 4.90 Å². The number of nitrogens with zero attached hydrogens (tertiary/aromatic N) is 3. The minimum atomic E-state index is -0.100. The second-order valence-electron chi connectivity index (χ2n) is 4.59. The number of nitrogens with two attached hydrogens (primary N) is 1. The van der Waals surface area contributed by atoms with Gasteiger partial charge < -0.3 is 20.5 Å². The number of carbonyl (C=O) groups excluding carboxylic acids is 1. The molecular weight excluding hydrogens is 258 g/mol. The number of hydrogen-bond acceptors (Lipinski definition) is 6. The summed E-state index contributed by atoms with van der Waals surface area (Å²) < 4.78 is 4.89. The van der Waals surface area contributed by atoms with Gasteiger partial charge in [0, 0.05) is 32.4 Å². The summed E-state index contributed by atoms with van der Waals surface area (Å²) >= 11 is 0. The monoisotopic (exact) mass is 275 g/mol. The highest BCUT2D eigenvalue weighted by Gasteiger charge is 2.14. The molecule has 7 heteroatoms. The number of carbonyl (C=O) groups is 1. The van der Waals surface area contributed by atoms with Gasteiger partial charge in [0.2, 0.25) is 5.89 Å². The molecule has 20 heavy (non-hydrogen) atoms. The first-order chi connectivity index (χ1) is 9.47. The Hall–Kier alpha value is -2.57. The first-order valence-corrected chi connectivity index (χ1v) is 6.11. The van der Waals surface area contributed by atoms with Crippen molar-refractivity contribution >= 4 is 17.3 Å². The smallest absolute Gasteiger partial charge is 0.255 e. The summed E-state index contributed by atoms with van der Waals surface area (Å²) in [6, 6.07) is 5.10. The van der Waals surface area contributed by atoms with Gasteiger partial charge in [-0.1, -0.05) is 5.16 Å². The van der Waals surface area contributed by atoms with E-state index in [1.54, 1.807) is 39.2 Å². The van der Waals surface area contributed by atoms with E-state index in [0.717, 1.165) is 0 Å². The van der Waals surface area contributed by atoms with Crippen molar-refractivity contribution in [2.45, 2.75) is 13.5 Å². The van der Waals surface area contributed by atoms with Crippen LogP contribution >= 0.6 is 0 Å². The number of benzene rings is 1. The van der Waals surface area contributed by atoms with E-state index < -0.39 is 0 Å². The number of amides is 1. The lowest BCUT2D eigenvalue weighted by Gasteiger charge is -2.15. The van der Waals surface area contributed by atoms with Crippen LogP contribution in [0.1, 0.15) is 22.1 Å². The van der Waals surface area contributed by atoms with Crippen LogP contribution < -0.4 is 11.1 Å². The van der Waals surface area contributed by atoms with Crippen LogP contribution in [-0.2, 0) is 6.54 Å². The zero-order chi connectivity index (χ0) is 14.7. The van der Waals surface area contributed by atoms with Gasteiger partial charge in [-0.15, -0.1) is 0 Å². The fourth-order valence-corrected chi connectivity index (χ4v) is 1.72. The van der Waals surface area contributed by atoms with Crippen molar-refractivity contribution < 1.29 is 9.32 Å². The van der Waals surface area contributed by atoms with Crippen LogP contribution in [0.25, 0.3) is 0 Å². The second kappa shape index (κ2) is 5.60. The number of aromatic nitrogens is 2. The number of nitrogens with one attached hydrogen (secondary N) is 1. The quantitative estimate of drug-likeness (QED) is 0.816. The molecule has 1 aromatic carbocycles. The first-order valence-electron chi connectivity index (χ1n) is 6.11. The van der Waals surface area contributed by atoms with Crippen molar-refractivity contribution in [3.8, 4) is 0 Å². The highest BCUT2D eigenvalue weighted by molar-refractivity contribution is 5.99. The summed E-state index contributed by atoms with van der Waals surface area (Å²) in [5, 5.41) is 6.89. The van der Waals surface area contributed by atoms with Crippen molar-refractivity contribution in [1.82, 2.24) is 15.0 Å². The third-order valence-electron chi connectivity index (χ3n) is 2.69. The fourth-order valence-electron chi connectivity index (χ4n) is 1.72. The maximum absolute atomic E-state index is 12.1. The Morgan fingerprint density at radius 1 is 1.45 bits per heavy atom. The molecule has 0 fully saturated rings. The first kappa shape index (κ1) is 13.9. The summed E-state index contributed by atoms with van der Waals surface area (Å²) in [5.41, 5.74) is 7.53. The van der Waals surface area contributed by atoms with Crippen molar-refractivity contribution in [2.75, 3.05) is 25.1 Å². The van der Waals surface area contributed by atoms with Gasteiger partial charge in [-0.2, -0.15) is 4.98 Å². The zero-order valence-electron chi connectivity index (χ0n) is 11.7. The molecule has 2 rings (SSSR count). The largest absolute Gasteiger partial charge is 0.399 e. The van der Waals surface area contributed by atoms with Crippen molar-refractivity contribution in [1.29, 1.82) is 0 Å². The van der Waals surface area contributed by atoms with E-state index in [2.05, 4.69) is 15.5 Å². The number of aryl methyl sites for hydroxylation is 1. The van der Waals surface area contributed by atoms with E-state index in [-0.39, 0.29) is 5.91 Å². The maximum Gasteiger partial charge on any atom is 0.255 e. The second-order valence-corrected chi connectivity index (χ2v) is 4.59. The van der Waals surface area contributed by atoms with Gasteiger partial charge >= 0.3 is 0 Å². The Kier molecular flexibility index (Phi) is 3.88.